The number of ether oxygens (including phenoxy) is 2. The Morgan fingerprint density at radius 1 is 1.19 bits per heavy atom. The molecule has 1 amide bonds. The molecule has 2 aliphatic heterocycles. The number of aromatic nitrogens is 3. The van der Waals surface area contributed by atoms with Gasteiger partial charge in [0.25, 0.3) is 5.91 Å². The SMILES string of the molecule is C=NNc1cc2nc(C(=O)NC3CCOCC3)cn2c(N2CCOCC2)n1. The Morgan fingerprint density at radius 3 is 2.67 bits per heavy atom. The molecule has 0 aliphatic carbocycles. The average Bonchev–Trinajstić information content (AvgIpc) is 3.13. The van der Waals surface area contributed by atoms with Gasteiger partial charge in [0.1, 0.15) is 11.3 Å². The van der Waals surface area contributed by atoms with Gasteiger partial charge in [-0.2, -0.15) is 10.1 Å². The van der Waals surface area contributed by atoms with Crippen LogP contribution in [0.15, 0.2) is 17.4 Å². The quantitative estimate of drug-likeness (QED) is 0.581. The molecule has 0 atom stereocenters. The minimum absolute atomic E-state index is 0.120. The Labute approximate surface area is 156 Å². The number of anilines is 2. The third kappa shape index (κ3) is 3.86. The highest BCUT2D eigenvalue weighted by molar-refractivity contribution is 5.93. The molecule has 4 heterocycles. The molecule has 144 valence electrons. The second-order valence-electron chi connectivity index (χ2n) is 6.53. The topological polar surface area (TPSA) is 105 Å². The zero-order valence-electron chi connectivity index (χ0n) is 15.1. The third-order valence-corrected chi connectivity index (χ3v) is 4.71. The molecule has 0 aromatic carbocycles. The highest BCUT2D eigenvalue weighted by Crippen LogP contribution is 2.21. The summed E-state index contributed by atoms with van der Waals surface area (Å²) in [6, 6.07) is 1.86. The molecule has 0 unspecified atom stereocenters. The van der Waals surface area contributed by atoms with Crippen LogP contribution in [0, 0.1) is 0 Å². The molecule has 2 aromatic heterocycles. The van der Waals surface area contributed by atoms with Crippen LogP contribution in [-0.2, 0) is 9.47 Å². The van der Waals surface area contributed by atoms with Gasteiger partial charge in [0.05, 0.1) is 13.2 Å². The number of carbonyl (C=O) groups is 1. The molecule has 2 aromatic rings. The first-order valence-corrected chi connectivity index (χ1v) is 9.08. The summed E-state index contributed by atoms with van der Waals surface area (Å²) in [6.07, 6.45) is 3.37. The van der Waals surface area contributed by atoms with Crippen LogP contribution in [0.4, 0.5) is 11.8 Å². The van der Waals surface area contributed by atoms with Crippen molar-refractivity contribution in [2.24, 2.45) is 5.10 Å². The lowest BCUT2D eigenvalue weighted by atomic mass is 10.1. The van der Waals surface area contributed by atoms with Crippen molar-refractivity contribution in [3.63, 3.8) is 0 Å². The van der Waals surface area contributed by atoms with E-state index in [0.717, 1.165) is 25.9 Å². The van der Waals surface area contributed by atoms with E-state index in [0.29, 0.717) is 49.5 Å². The van der Waals surface area contributed by atoms with Crippen molar-refractivity contribution in [2.45, 2.75) is 18.9 Å². The first-order chi connectivity index (χ1) is 13.2. The third-order valence-electron chi connectivity index (χ3n) is 4.71. The van der Waals surface area contributed by atoms with Crippen LogP contribution >= 0.6 is 0 Å². The molecule has 27 heavy (non-hydrogen) atoms. The van der Waals surface area contributed by atoms with E-state index in [1.807, 2.05) is 4.40 Å². The van der Waals surface area contributed by atoms with E-state index >= 15 is 0 Å². The standard InChI is InChI=1S/C17H23N7O3/c1-18-22-14-10-15-20-13(16(25)19-12-2-6-26-7-3-12)11-24(15)17(21-14)23-4-8-27-9-5-23/h10-12,22H,1-9H2,(H,19,25). The summed E-state index contributed by atoms with van der Waals surface area (Å²) >= 11 is 0. The van der Waals surface area contributed by atoms with E-state index in [1.54, 1.807) is 12.3 Å². The van der Waals surface area contributed by atoms with E-state index in [4.69, 9.17) is 9.47 Å². The van der Waals surface area contributed by atoms with Crippen LogP contribution in [-0.4, -0.2) is 72.6 Å². The normalized spacial score (nSPS) is 18.4. The van der Waals surface area contributed by atoms with Crippen molar-refractivity contribution in [1.82, 2.24) is 19.7 Å². The minimum atomic E-state index is -0.185. The van der Waals surface area contributed by atoms with Crippen molar-refractivity contribution in [3.05, 3.63) is 18.0 Å². The van der Waals surface area contributed by atoms with E-state index in [-0.39, 0.29) is 11.9 Å². The Morgan fingerprint density at radius 2 is 1.93 bits per heavy atom. The van der Waals surface area contributed by atoms with E-state index < -0.39 is 0 Å². The maximum atomic E-state index is 12.7. The number of fused-ring (bicyclic) bond motifs is 1. The Hall–Kier alpha value is -2.72. The number of hydrogen-bond acceptors (Lipinski definition) is 8. The van der Waals surface area contributed by atoms with Crippen molar-refractivity contribution in [1.29, 1.82) is 0 Å². The summed E-state index contributed by atoms with van der Waals surface area (Å²) in [5, 5.41) is 6.73. The fraction of sp³-hybridized carbons (Fsp3) is 0.529. The van der Waals surface area contributed by atoms with Crippen LogP contribution in [0.5, 0.6) is 0 Å². The van der Waals surface area contributed by atoms with Crippen molar-refractivity contribution >= 4 is 30.0 Å². The van der Waals surface area contributed by atoms with Gasteiger partial charge >= 0.3 is 0 Å². The summed E-state index contributed by atoms with van der Waals surface area (Å²) in [5.41, 5.74) is 3.74. The van der Waals surface area contributed by atoms with Crippen LogP contribution < -0.4 is 15.6 Å². The average molecular weight is 373 g/mol. The van der Waals surface area contributed by atoms with Gasteiger partial charge < -0.3 is 19.7 Å². The number of morpholine rings is 1. The molecule has 2 aliphatic rings. The first kappa shape index (κ1) is 17.7. The highest BCUT2D eigenvalue weighted by atomic mass is 16.5. The zero-order valence-corrected chi connectivity index (χ0v) is 15.1. The molecule has 0 spiro atoms. The minimum Gasteiger partial charge on any atom is -0.381 e. The van der Waals surface area contributed by atoms with Crippen LogP contribution in [0.2, 0.25) is 0 Å². The molecule has 2 saturated heterocycles. The number of hydrazone groups is 1. The Kier molecular flexibility index (Phi) is 5.16. The van der Waals surface area contributed by atoms with E-state index in [2.05, 4.69) is 37.4 Å². The molecule has 2 N–H and O–H groups in total. The molecule has 10 nitrogen and oxygen atoms in total. The molecular formula is C17H23N7O3. The van der Waals surface area contributed by atoms with Gasteiger partial charge in [0, 0.05) is 51.3 Å². The maximum Gasteiger partial charge on any atom is 0.271 e. The van der Waals surface area contributed by atoms with E-state index in [1.165, 1.54) is 0 Å². The van der Waals surface area contributed by atoms with Crippen LogP contribution in [0.1, 0.15) is 23.3 Å². The molecule has 0 bridgehead atoms. The second-order valence-corrected chi connectivity index (χ2v) is 6.53. The van der Waals surface area contributed by atoms with Crippen molar-refractivity contribution < 1.29 is 14.3 Å². The number of imidazole rings is 1. The number of amides is 1. The summed E-state index contributed by atoms with van der Waals surface area (Å²) in [7, 11) is 0. The lowest BCUT2D eigenvalue weighted by molar-refractivity contribution is 0.0694. The van der Waals surface area contributed by atoms with E-state index in [9.17, 15) is 4.79 Å². The molecule has 0 radical (unpaired) electrons. The van der Waals surface area contributed by atoms with Gasteiger partial charge in [-0.3, -0.25) is 14.6 Å². The molecular weight excluding hydrogens is 350 g/mol. The Bertz CT molecular complexity index is 825. The van der Waals surface area contributed by atoms with Gasteiger partial charge in [-0.25, -0.2) is 4.98 Å². The monoisotopic (exact) mass is 373 g/mol. The Balaban J connectivity index is 1.64. The lowest BCUT2D eigenvalue weighted by Gasteiger charge is -2.28. The molecule has 2 fully saturated rings. The van der Waals surface area contributed by atoms with Crippen molar-refractivity contribution in [2.75, 3.05) is 49.8 Å². The van der Waals surface area contributed by atoms with Crippen LogP contribution in [0.25, 0.3) is 5.65 Å². The summed E-state index contributed by atoms with van der Waals surface area (Å²) in [5.74, 6) is 1.04. The molecule has 10 heteroatoms. The van der Waals surface area contributed by atoms with Gasteiger partial charge in [0.15, 0.2) is 5.82 Å². The lowest BCUT2D eigenvalue weighted by Crippen LogP contribution is -2.39. The zero-order chi connectivity index (χ0) is 18.6. The number of nitrogens with one attached hydrogen (secondary N) is 2. The summed E-state index contributed by atoms with van der Waals surface area (Å²) < 4.78 is 12.6. The fourth-order valence-electron chi connectivity index (χ4n) is 3.31. The summed E-state index contributed by atoms with van der Waals surface area (Å²) in [4.78, 5) is 23.9. The number of hydrogen-bond donors (Lipinski definition) is 2. The smallest absolute Gasteiger partial charge is 0.271 e. The fourth-order valence-corrected chi connectivity index (χ4v) is 3.31. The molecule has 4 rings (SSSR count). The first-order valence-electron chi connectivity index (χ1n) is 9.08. The molecule has 0 saturated carbocycles. The van der Waals surface area contributed by atoms with Crippen LogP contribution in [0.3, 0.4) is 0 Å². The summed E-state index contributed by atoms with van der Waals surface area (Å²) in [6.45, 7) is 7.48. The predicted molar refractivity (Wildman–Crippen MR) is 100 cm³/mol. The number of rotatable bonds is 5. The highest BCUT2D eigenvalue weighted by Gasteiger charge is 2.22. The largest absolute Gasteiger partial charge is 0.381 e. The second kappa shape index (κ2) is 7.89. The van der Waals surface area contributed by atoms with Gasteiger partial charge in [-0.15, -0.1) is 0 Å². The maximum absolute atomic E-state index is 12.7. The van der Waals surface area contributed by atoms with Crippen molar-refractivity contribution in [3.8, 4) is 0 Å². The number of nitrogens with zero attached hydrogens (tertiary/aromatic N) is 5. The number of carbonyl (C=O) groups excluding carboxylic acids is 1. The van der Waals surface area contributed by atoms with Gasteiger partial charge in [-0.05, 0) is 12.8 Å². The van der Waals surface area contributed by atoms with Gasteiger partial charge in [0.2, 0.25) is 5.95 Å². The predicted octanol–water partition coefficient (Wildman–Crippen LogP) is 0.502. The van der Waals surface area contributed by atoms with Gasteiger partial charge in [-0.1, -0.05) is 0 Å².